The van der Waals surface area contributed by atoms with Gasteiger partial charge in [0.1, 0.15) is 11.6 Å². The molecule has 1 saturated heterocycles. The summed E-state index contributed by atoms with van der Waals surface area (Å²) < 4.78 is 5.32. The average molecular weight is 338 g/mol. The van der Waals surface area contributed by atoms with E-state index in [0.717, 1.165) is 6.42 Å². The molecule has 0 aromatic carbocycles. The quantitative estimate of drug-likeness (QED) is 0.698. The van der Waals surface area contributed by atoms with Crippen LogP contribution in [-0.2, 0) is 9.53 Å². The molecule has 0 aliphatic carbocycles. The lowest BCUT2D eigenvalue weighted by atomic mass is 10.0. The van der Waals surface area contributed by atoms with Crippen LogP contribution in [0.4, 0.5) is 4.79 Å². The van der Waals surface area contributed by atoms with Crippen molar-refractivity contribution in [3.05, 3.63) is 25.3 Å². The molecule has 136 valence electrons. The molecule has 4 atom stereocenters. The Morgan fingerprint density at radius 2 is 2.00 bits per heavy atom. The number of alkyl carbamates (subject to hydrolysis) is 1. The molecule has 2 unspecified atom stereocenters. The highest BCUT2D eigenvalue weighted by Gasteiger charge is 2.38. The molecule has 0 aromatic heterocycles. The number of hydrogen-bond donors (Lipinski definition) is 2. The van der Waals surface area contributed by atoms with Gasteiger partial charge < -0.3 is 15.2 Å². The fourth-order valence-corrected chi connectivity index (χ4v) is 2.87. The molecule has 1 aliphatic heterocycles. The number of nitrogens with zero attached hydrogens (tertiary/aromatic N) is 1. The zero-order valence-corrected chi connectivity index (χ0v) is 15.1. The molecule has 1 rings (SSSR count). The monoisotopic (exact) mass is 338 g/mol. The lowest BCUT2D eigenvalue weighted by molar-refractivity contribution is -0.142. The Bertz CT molecular complexity index is 484. The van der Waals surface area contributed by atoms with Gasteiger partial charge in [0, 0.05) is 12.6 Å². The molecule has 0 bridgehead atoms. The number of aliphatic carboxylic acids is 1. The SMILES string of the molecule is C=CC1CCC(C(=O)O)N1C[C@H](NC(=O)OC(C)(C)C)[C@H](C)C=C. The summed E-state index contributed by atoms with van der Waals surface area (Å²) in [5.41, 5.74) is -0.590. The topological polar surface area (TPSA) is 78.9 Å². The highest BCUT2D eigenvalue weighted by Crippen LogP contribution is 2.26. The molecule has 1 heterocycles. The van der Waals surface area contributed by atoms with E-state index in [0.29, 0.717) is 13.0 Å². The molecule has 0 saturated carbocycles. The number of rotatable bonds is 7. The summed E-state index contributed by atoms with van der Waals surface area (Å²) in [6.45, 7) is 15.3. The minimum atomic E-state index is -0.846. The van der Waals surface area contributed by atoms with Crippen molar-refractivity contribution in [2.75, 3.05) is 6.54 Å². The highest BCUT2D eigenvalue weighted by molar-refractivity contribution is 5.74. The van der Waals surface area contributed by atoms with Gasteiger partial charge >= 0.3 is 12.1 Å². The maximum atomic E-state index is 12.1. The molecule has 0 spiro atoms. The summed E-state index contributed by atoms with van der Waals surface area (Å²) >= 11 is 0. The number of amides is 1. The minimum absolute atomic E-state index is 0.00829. The summed E-state index contributed by atoms with van der Waals surface area (Å²) in [5, 5.41) is 12.3. The predicted molar refractivity (Wildman–Crippen MR) is 93.9 cm³/mol. The van der Waals surface area contributed by atoms with E-state index in [2.05, 4.69) is 18.5 Å². The van der Waals surface area contributed by atoms with Crippen LogP contribution in [0.3, 0.4) is 0 Å². The molecule has 1 fully saturated rings. The van der Waals surface area contributed by atoms with Gasteiger partial charge in [-0.1, -0.05) is 19.1 Å². The number of hydrogen-bond acceptors (Lipinski definition) is 4. The van der Waals surface area contributed by atoms with Crippen LogP contribution in [-0.4, -0.2) is 52.3 Å². The van der Waals surface area contributed by atoms with Gasteiger partial charge in [0.25, 0.3) is 0 Å². The Morgan fingerprint density at radius 3 is 2.46 bits per heavy atom. The predicted octanol–water partition coefficient (Wildman–Crippen LogP) is 2.81. The molecule has 0 aromatic rings. The summed E-state index contributed by atoms with van der Waals surface area (Å²) in [6.07, 6.45) is 4.33. The van der Waals surface area contributed by atoms with Crippen molar-refractivity contribution in [3.63, 3.8) is 0 Å². The number of carbonyl (C=O) groups excluding carboxylic acids is 1. The minimum Gasteiger partial charge on any atom is -0.480 e. The molecule has 0 radical (unpaired) electrons. The average Bonchev–Trinajstić information content (AvgIpc) is 2.86. The van der Waals surface area contributed by atoms with Gasteiger partial charge in [-0.3, -0.25) is 9.69 Å². The van der Waals surface area contributed by atoms with Gasteiger partial charge in [-0.05, 0) is 39.5 Å². The first-order valence-corrected chi connectivity index (χ1v) is 8.32. The van der Waals surface area contributed by atoms with Crippen LogP contribution < -0.4 is 5.32 Å². The smallest absolute Gasteiger partial charge is 0.407 e. The van der Waals surface area contributed by atoms with Crippen molar-refractivity contribution in [3.8, 4) is 0 Å². The van der Waals surface area contributed by atoms with Gasteiger partial charge in [-0.2, -0.15) is 0 Å². The van der Waals surface area contributed by atoms with E-state index in [1.165, 1.54) is 0 Å². The van der Waals surface area contributed by atoms with Crippen molar-refractivity contribution < 1.29 is 19.4 Å². The van der Waals surface area contributed by atoms with E-state index in [1.54, 1.807) is 32.9 Å². The van der Waals surface area contributed by atoms with E-state index in [9.17, 15) is 14.7 Å². The van der Waals surface area contributed by atoms with Crippen molar-refractivity contribution in [1.29, 1.82) is 0 Å². The van der Waals surface area contributed by atoms with Gasteiger partial charge in [0.15, 0.2) is 0 Å². The summed E-state index contributed by atoms with van der Waals surface area (Å²) in [6, 6.07) is -0.862. The Balaban J connectivity index is 2.87. The largest absolute Gasteiger partial charge is 0.480 e. The number of carboxylic acids is 1. The van der Waals surface area contributed by atoms with Gasteiger partial charge in [0.2, 0.25) is 0 Å². The maximum Gasteiger partial charge on any atom is 0.407 e. The Labute approximate surface area is 144 Å². The third-order valence-electron chi connectivity index (χ3n) is 4.24. The van der Waals surface area contributed by atoms with Crippen molar-refractivity contribution in [2.45, 2.75) is 64.3 Å². The number of nitrogens with one attached hydrogen (secondary N) is 1. The zero-order valence-electron chi connectivity index (χ0n) is 15.1. The first-order chi connectivity index (χ1) is 11.1. The summed E-state index contributed by atoms with van der Waals surface area (Å²) in [5.74, 6) is -0.875. The molecular formula is C18H30N2O4. The van der Waals surface area contributed by atoms with Crippen LogP contribution in [0.15, 0.2) is 25.3 Å². The van der Waals surface area contributed by atoms with E-state index in [4.69, 9.17) is 4.74 Å². The van der Waals surface area contributed by atoms with Crippen LogP contribution in [0.5, 0.6) is 0 Å². The lowest BCUT2D eigenvalue weighted by Crippen LogP contribution is -2.52. The molecule has 2 N–H and O–H groups in total. The standard InChI is InChI=1S/C18H30N2O4/c1-7-12(3)14(19-17(23)24-18(4,5)6)11-20-13(8-2)9-10-15(20)16(21)22/h7-8,12-15H,1-2,9-11H2,3-6H3,(H,19,23)(H,21,22)/t12-,13?,14+,15?/m1/s1. The van der Waals surface area contributed by atoms with E-state index in [1.807, 2.05) is 11.8 Å². The van der Waals surface area contributed by atoms with Crippen LogP contribution in [0.25, 0.3) is 0 Å². The zero-order chi connectivity index (χ0) is 18.5. The van der Waals surface area contributed by atoms with Gasteiger partial charge in [-0.15, -0.1) is 13.2 Å². The summed E-state index contributed by atoms with van der Waals surface area (Å²) in [7, 11) is 0. The fourth-order valence-electron chi connectivity index (χ4n) is 2.87. The van der Waals surface area contributed by atoms with Crippen molar-refractivity contribution >= 4 is 12.1 Å². The Hall–Kier alpha value is -1.82. The fraction of sp³-hybridized carbons (Fsp3) is 0.667. The van der Waals surface area contributed by atoms with Crippen molar-refractivity contribution in [2.24, 2.45) is 5.92 Å². The normalized spacial score (nSPS) is 24.0. The molecule has 1 amide bonds. The number of ether oxygens (including phenoxy) is 1. The molecule has 6 heteroatoms. The highest BCUT2D eigenvalue weighted by atomic mass is 16.6. The molecular weight excluding hydrogens is 308 g/mol. The first-order valence-electron chi connectivity index (χ1n) is 8.32. The molecule has 6 nitrogen and oxygen atoms in total. The van der Waals surface area contributed by atoms with Gasteiger partial charge in [0.05, 0.1) is 6.04 Å². The maximum absolute atomic E-state index is 12.1. The van der Waals surface area contributed by atoms with E-state index in [-0.39, 0.29) is 18.0 Å². The van der Waals surface area contributed by atoms with Crippen LogP contribution in [0.2, 0.25) is 0 Å². The Kier molecular flexibility index (Phi) is 7.02. The lowest BCUT2D eigenvalue weighted by Gasteiger charge is -2.33. The molecule has 1 aliphatic rings. The third-order valence-corrected chi connectivity index (χ3v) is 4.24. The first kappa shape index (κ1) is 20.2. The van der Waals surface area contributed by atoms with Crippen molar-refractivity contribution in [1.82, 2.24) is 10.2 Å². The number of carbonyl (C=O) groups is 2. The Morgan fingerprint density at radius 1 is 1.38 bits per heavy atom. The van der Waals surface area contributed by atoms with E-state index < -0.39 is 23.7 Å². The van der Waals surface area contributed by atoms with Crippen LogP contribution in [0, 0.1) is 5.92 Å². The third kappa shape index (κ3) is 5.67. The van der Waals surface area contributed by atoms with Crippen LogP contribution in [0.1, 0.15) is 40.5 Å². The second kappa shape index (κ2) is 8.33. The number of carboxylic acid groups (broad SMARTS) is 1. The molecule has 24 heavy (non-hydrogen) atoms. The van der Waals surface area contributed by atoms with Gasteiger partial charge in [-0.25, -0.2) is 4.79 Å². The number of likely N-dealkylation sites (tertiary alicyclic amines) is 1. The second-order valence-corrected chi connectivity index (χ2v) is 7.28. The van der Waals surface area contributed by atoms with Crippen LogP contribution >= 0.6 is 0 Å². The second-order valence-electron chi connectivity index (χ2n) is 7.28. The summed E-state index contributed by atoms with van der Waals surface area (Å²) in [4.78, 5) is 25.5. The van der Waals surface area contributed by atoms with E-state index >= 15 is 0 Å².